The molecule has 0 aromatic carbocycles. The molecule has 9 nitrogen and oxygen atoms in total. The van der Waals surface area contributed by atoms with E-state index in [1.54, 1.807) is 31.0 Å². The Bertz CT molecular complexity index is 670. The second kappa shape index (κ2) is 8.74. The number of imidazole rings is 1. The zero-order chi connectivity index (χ0) is 15.0. The van der Waals surface area contributed by atoms with Gasteiger partial charge in [-0.1, -0.05) is 0 Å². The summed E-state index contributed by atoms with van der Waals surface area (Å²) < 4.78 is 0. The molecule has 0 amide bonds. The number of aromatic amines is 1. The van der Waals surface area contributed by atoms with Gasteiger partial charge in [0, 0.05) is 63.8 Å². The molecule has 0 aliphatic carbocycles. The maximum Gasteiger partial charge on any atom is 0.317 e. The van der Waals surface area contributed by atoms with Crippen LogP contribution in [0.4, 0.5) is 0 Å². The summed E-state index contributed by atoms with van der Waals surface area (Å²) in [6.45, 7) is 0. The molecule has 1 aliphatic heterocycles. The predicted octanol–water partition coefficient (Wildman–Crippen LogP) is -0.297. The third-order valence-electron chi connectivity index (χ3n) is 2.20. The van der Waals surface area contributed by atoms with Crippen molar-refractivity contribution >= 4 is 51.4 Å². The zero-order valence-electron chi connectivity index (χ0n) is 10.9. The van der Waals surface area contributed by atoms with E-state index in [1.165, 1.54) is 18.3 Å². The predicted molar refractivity (Wildman–Crippen MR) is 66.9 cm³/mol. The molecule has 0 unspecified atom stereocenters. The monoisotopic (exact) mass is 302 g/mol. The van der Waals surface area contributed by atoms with Crippen molar-refractivity contribution in [2.45, 2.75) is 5.66 Å². The van der Waals surface area contributed by atoms with E-state index in [4.69, 9.17) is 26.3 Å². The standard InChI is InChI=1S/C8HN7.C3H4N2.K/c9-1-7-2-14(5-12)8(3-10,4-11)15(7)6-13;1-2-5-3-4-1;/h2H;1-3H,(H,4,5);. The first-order chi connectivity index (χ1) is 9.69. The summed E-state index contributed by atoms with van der Waals surface area (Å²) in [7, 11) is 0. The van der Waals surface area contributed by atoms with Crippen LogP contribution >= 0.6 is 0 Å². The van der Waals surface area contributed by atoms with E-state index in [1.807, 2.05) is 0 Å². The topological polar surface area (TPSA) is 154 Å². The van der Waals surface area contributed by atoms with Gasteiger partial charge >= 0.3 is 5.66 Å². The quantitative estimate of drug-likeness (QED) is 0.506. The van der Waals surface area contributed by atoms with Crippen molar-refractivity contribution in [3.05, 3.63) is 30.6 Å². The maximum absolute atomic E-state index is 8.83. The number of aromatic nitrogens is 2. The molecule has 1 radical (unpaired) electrons. The van der Waals surface area contributed by atoms with E-state index >= 15 is 0 Å². The third kappa shape index (κ3) is 3.59. The normalized spacial score (nSPS) is 13.6. The number of hydrogen-bond acceptors (Lipinski definition) is 8. The van der Waals surface area contributed by atoms with Crippen molar-refractivity contribution in [2.75, 3.05) is 0 Å². The van der Waals surface area contributed by atoms with Crippen LogP contribution in [-0.4, -0.2) is 76.8 Å². The van der Waals surface area contributed by atoms with Crippen LogP contribution in [0.3, 0.4) is 0 Å². The van der Waals surface area contributed by atoms with Gasteiger partial charge in [-0.05, 0) is 0 Å². The minimum atomic E-state index is -2.07. The molecule has 0 saturated carbocycles. The Balaban J connectivity index is 0.000000562. The van der Waals surface area contributed by atoms with E-state index in [0.717, 1.165) is 6.20 Å². The van der Waals surface area contributed by atoms with Gasteiger partial charge in [0.2, 0.25) is 0 Å². The van der Waals surface area contributed by atoms with Gasteiger partial charge in [0.1, 0.15) is 18.2 Å². The Morgan fingerprint density at radius 1 is 1.10 bits per heavy atom. The number of nitrogens with zero attached hydrogens (tertiary/aromatic N) is 8. The fourth-order valence-corrected chi connectivity index (χ4v) is 1.31. The molecular formula is C11H5KN9. The largest absolute Gasteiger partial charge is 0.351 e. The molecule has 2 rings (SSSR count). The van der Waals surface area contributed by atoms with Gasteiger partial charge in [0.15, 0.2) is 18.1 Å². The molecule has 10 heteroatoms. The molecular weight excluding hydrogens is 297 g/mol. The second-order valence-electron chi connectivity index (χ2n) is 3.19. The molecule has 1 N–H and O–H groups in total. The van der Waals surface area contributed by atoms with Crippen molar-refractivity contribution < 1.29 is 0 Å². The van der Waals surface area contributed by atoms with Crippen LogP contribution < -0.4 is 0 Å². The maximum atomic E-state index is 8.83. The van der Waals surface area contributed by atoms with Gasteiger partial charge in [-0.15, -0.1) is 0 Å². The zero-order valence-corrected chi connectivity index (χ0v) is 14.0. The molecule has 2 heterocycles. The SMILES string of the molecule is N#CC1=CN(C#N)C(C#N)(C#N)N1C#N.[K].c1c[nH]cn1. The van der Waals surface area contributed by atoms with Gasteiger partial charge in [-0.3, -0.25) is 0 Å². The third-order valence-corrected chi connectivity index (χ3v) is 2.20. The van der Waals surface area contributed by atoms with Crippen molar-refractivity contribution in [1.82, 2.24) is 19.8 Å². The Morgan fingerprint density at radius 3 is 2.05 bits per heavy atom. The van der Waals surface area contributed by atoms with Crippen LogP contribution in [-0.2, 0) is 0 Å². The molecule has 0 saturated heterocycles. The van der Waals surface area contributed by atoms with Gasteiger partial charge < -0.3 is 4.98 Å². The fourth-order valence-electron chi connectivity index (χ4n) is 1.31. The summed E-state index contributed by atoms with van der Waals surface area (Å²) in [5.41, 5.74) is -2.30. The fraction of sp³-hybridized carbons (Fsp3) is 0.0909. The van der Waals surface area contributed by atoms with Gasteiger partial charge in [0.05, 0.1) is 12.5 Å². The molecule has 1 aromatic rings. The van der Waals surface area contributed by atoms with Crippen LogP contribution in [0.25, 0.3) is 0 Å². The second-order valence-corrected chi connectivity index (χ2v) is 3.19. The molecule has 0 spiro atoms. The summed E-state index contributed by atoms with van der Waals surface area (Å²) in [5, 5.41) is 43.7. The minimum absolute atomic E-state index is 0. The van der Waals surface area contributed by atoms with Gasteiger partial charge in [-0.2, -0.15) is 26.3 Å². The summed E-state index contributed by atoms with van der Waals surface area (Å²) in [4.78, 5) is 7.67. The van der Waals surface area contributed by atoms with Crippen LogP contribution in [0.15, 0.2) is 30.6 Å². The van der Waals surface area contributed by atoms with Gasteiger partial charge in [-0.25, -0.2) is 14.8 Å². The van der Waals surface area contributed by atoms with E-state index in [0.29, 0.717) is 9.80 Å². The van der Waals surface area contributed by atoms with E-state index in [-0.39, 0.29) is 57.1 Å². The summed E-state index contributed by atoms with van der Waals surface area (Å²) in [5.74, 6) is 0. The molecule has 0 atom stereocenters. The van der Waals surface area contributed by atoms with Crippen molar-refractivity contribution in [3.63, 3.8) is 0 Å². The van der Waals surface area contributed by atoms with E-state index < -0.39 is 5.66 Å². The number of nitrogens with one attached hydrogen (secondary N) is 1. The van der Waals surface area contributed by atoms with E-state index in [2.05, 4.69) is 9.97 Å². The molecule has 1 aliphatic rings. The smallest absolute Gasteiger partial charge is 0.317 e. The first-order valence-corrected chi connectivity index (χ1v) is 4.96. The molecule has 95 valence electrons. The number of rotatable bonds is 0. The Hall–Kier alpha value is -2.36. The number of allylic oxidation sites excluding steroid dienone is 1. The first kappa shape index (κ1) is 18.6. The van der Waals surface area contributed by atoms with Crippen LogP contribution in [0.2, 0.25) is 0 Å². The average molecular weight is 302 g/mol. The van der Waals surface area contributed by atoms with E-state index in [9.17, 15) is 0 Å². The van der Waals surface area contributed by atoms with Gasteiger partial charge in [0.25, 0.3) is 0 Å². The summed E-state index contributed by atoms with van der Waals surface area (Å²) in [6, 6.07) is 4.69. The summed E-state index contributed by atoms with van der Waals surface area (Å²) in [6.07, 6.45) is 9.15. The number of nitriles is 5. The van der Waals surface area contributed by atoms with Crippen LogP contribution in [0.1, 0.15) is 0 Å². The average Bonchev–Trinajstić information content (AvgIpc) is 3.15. The molecule has 1 aromatic heterocycles. The first-order valence-electron chi connectivity index (χ1n) is 4.96. The molecule has 21 heavy (non-hydrogen) atoms. The van der Waals surface area contributed by atoms with Crippen LogP contribution in [0.5, 0.6) is 0 Å². The van der Waals surface area contributed by atoms with Crippen molar-refractivity contribution in [1.29, 1.82) is 26.3 Å². The Kier molecular flexibility index (Phi) is 7.75. The summed E-state index contributed by atoms with van der Waals surface area (Å²) >= 11 is 0. The molecule has 0 fully saturated rings. The Labute approximate surface area is 162 Å². The number of H-pyrrole nitrogens is 1. The Morgan fingerprint density at radius 2 is 1.76 bits per heavy atom. The molecule has 0 bridgehead atoms. The number of hydrogen-bond donors (Lipinski definition) is 1. The van der Waals surface area contributed by atoms with Crippen molar-refractivity contribution in [2.24, 2.45) is 0 Å². The van der Waals surface area contributed by atoms with Crippen molar-refractivity contribution in [3.8, 4) is 30.6 Å². The minimum Gasteiger partial charge on any atom is -0.351 e. The van der Waals surface area contributed by atoms with Crippen LogP contribution in [0, 0.1) is 56.9 Å².